The second-order valence-electron chi connectivity index (χ2n) is 8.64. The van der Waals surface area contributed by atoms with Crippen molar-refractivity contribution in [2.24, 2.45) is 0 Å². The highest BCUT2D eigenvalue weighted by atomic mass is 32.2. The highest BCUT2D eigenvalue weighted by Crippen LogP contribution is 2.42. The summed E-state index contributed by atoms with van der Waals surface area (Å²) in [4.78, 5) is 27.5. The predicted octanol–water partition coefficient (Wildman–Crippen LogP) is 1.79. The largest absolute Gasteiger partial charge is 0.507 e. The fourth-order valence-corrected chi connectivity index (χ4v) is 5.95. The molecule has 1 N–H and O–H groups in total. The number of methoxy groups -OCH3 is 3. The Kier molecular flexibility index (Phi) is 8.36. The van der Waals surface area contributed by atoms with Crippen LogP contribution in [0.1, 0.15) is 17.2 Å². The summed E-state index contributed by atoms with van der Waals surface area (Å²) in [5.74, 6) is -1.21. The van der Waals surface area contributed by atoms with Crippen molar-refractivity contribution in [2.75, 3.05) is 60.8 Å². The van der Waals surface area contributed by atoms with Crippen LogP contribution in [0, 0.1) is 0 Å². The number of aliphatic hydroxyl groups is 1. The minimum Gasteiger partial charge on any atom is -0.507 e. The summed E-state index contributed by atoms with van der Waals surface area (Å²) in [6, 6.07) is 9.60. The fraction of sp³-hybridized carbons (Fsp3) is 0.385. The minimum absolute atomic E-state index is 0.0490. The Labute approximate surface area is 221 Å². The predicted molar refractivity (Wildman–Crippen MR) is 136 cm³/mol. The lowest BCUT2D eigenvalue weighted by molar-refractivity contribution is -0.140. The molecule has 2 aromatic rings. The number of sulfonamides is 1. The molecule has 12 heteroatoms. The number of nitrogens with zero attached hydrogens (tertiary/aromatic N) is 2. The van der Waals surface area contributed by atoms with Crippen LogP contribution in [0.2, 0.25) is 0 Å². The number of hydrogen-bond acceptors (Lipinski definition) is 9. The van der Waals surface area contributed by atoms with E-state index in [1.165, 1.54) is 54.8 Å². The van der Waals surface area contributed by atoms with E-state index < -0.39 is 33.5 Å². The summed E-state index contributed by atoms with van der Waals surface area (Å²) < 4.78 is 48.3. The van der Waals surface area contributed by atoms with Gasteiger partial charge in [0.1, 0.15) is 5.76 Å². The quantitative estimate of drug-likeness (QED) is 0.284. The van der Waals surface area contributed by atoms with E-state index in [1.807, 2.05) is 0 Å². The molecular formula is C26H30N2O9S. The van der Waals surface area contributed by atoms with Crippen molar-refractivity contribution in [3.05, 3.63) is 59.2 Å². The van der Waals surface area contributed by atoms with Gasteiger partial charge in [-0.3, -0.25) is 9.59 Å². The van der Waals surface area contributed by atoms with E-state index in [9.17, 15) is 23.1 Å². The Balaban J connectivity index is 1.77. The van der Waals surface area contributed by atoms with Gasteiger partial charge in [-0.1, -0.05) is 6.07 Å². The first-order valence-electron chi connectivity index (χ1n) is 11.9. The van der Waals surface area contributed by atoms with Gasteiger partial charge in [-0.15, -0.1) is 0 Å². The molecule has 1 amide bonds. The van der Waals surface area contributed by atoms with Crippen molar-refractivity contribution in [3.63, 3.8) is 0 Å². The third kappa shape index (κ3) is 5.12. The molecule has 204 valence electrons. The van der Waals surface area contributed by atoms with E-state index in [0.717, 1.165) is 0 Å². The van der Waals surface area contributed by atoms with Gasteiger partial charge in [0.25, 0.3) is 11.7 Å². The Morgan fingerprint density at radius 2 is 1.66 bits per heavy atom. The Morgan fingerprint density at radius 1 is 1.00 bits per heavy atom. The lowest BCUT2D eigenvalue weighted by Gasteiger charge is -2.26. The van der Waals surface area contributed by atoms with E-state index in [4.69, 9.17) is 18.9 Å². The highest BCUT2D eigenvalue weighted by molar-refractivity contribution is 7.89. The molecule has 0 radical (unpaired) electrons. The summed E-state index contributed by atoms with van der Waals surface area (Å²) in [6.07, 6.45) is 0. The number of carbonyl (C=O) groups excluding carboxylic acids is 2. The first-order valence-corrected chi connectivity index (χ1v) is 13.4. The van der Waals surface area contributed by atoms with Crippen molar-refractivity contribution in [2.45, 2.75) is 10.9 Å². The molecule has 2 aromatic carbocycles. The number of amides is 1. The molecule has 4 rings (SSSR count). The van der Waals surface area contributed by atoms with Gasteiger partial charge in [-0.05, 0) is 42.0 Å². The van der Waals surface area contributed by atoms with Gasteiger partial charge in [0.2, 0.25) is 10.0 Å². The zero-order valence-electron chi connectivity index (χ0n) is 21.4. The van der Waals surface area contributed by atoms with Gasteiger partial charge in [-0.25, -0.2) is 8.42 Å². The zero-order chi connectivity index (χ0) is 27.4. The highest BCUT2D eigenvalue weighted by Gasteiger charge is 2.46. The van der Waals surface area contributed by atoms with Gasteiger partial charge in [-0.2, -0.15) is 4.31 Å². The van der Waals surface area contributed by atoms with Gasteiger partial charge < -0.3 is 29.0 Å². The normalized spacial score (nSPS) is 20.1. The molecule has 0 aliphatic carbocycles. The number of Topliss-reactive ketones (excluding diaryl/α,β-unsaturated/α-hetero) is 1. The smallest absolute Gasteiger partial charge is 0.295 e. The van der Waals surface area contributed by atoms with Gasteiger partial charge >= 0.3 is 0 Å². The fourth-order valence-electron chi connectivity index (χ4n) is 4.55. The molecule has 2 saturated heterocycles. The van der Waals surface area contributed by atoms with Crippen LogP contribution in [0.5, 0.6) is 11.5 Å². The monoisotopic (exact) mass is 546 g/mol. The first kappa shape index (κ1) is 27.6. The average Bonchev–Trinajstić information content (AvgIpc) is 3.20. The molecule has 38 heavy (non-hydrogen) atoms. The van der Waals surface area contributed by atoms with Crippen LogP contribution in [0.25, 0.3) is 5.76 Å². The zero-order valence-corrected chi connectivity index (χ0v) is 22.2. The number of aliphatic hydroxyl groups excluding tert-OH is 1. The van der Waals surface area contributed by atoms with Crippen molar-refractivity contribution in [3.8, 4) is 11.5 Å². The molecule has 2 aliphatic heterocycles. The molecule has 2 heterocycles. The molecule has 1 unspecified atom stereocenters. The van der Waals surface area contributed by atoms with E-state index in [2.05, 4.69) is 0 Å². The van der Waals surface area contributed by atoms with Crippen LogP contribution in [0.15, 0.2) is 52.9 Å². The summed E-state index contributed by atoms with van der Waals surface area (Å²) in [7, 11) is 0.697. The number of morpholine rings is 1. The molecule has 0 saturated carbocycles. The third-order valence-electron chi connectivity index (χ3n) is 6.54. The van der Waals surface area contributed by atoms with Gasteiger partial charge in [0, 0.05) is 32.3 Å². The number of rotatable bonds is 9. The second-order valence-corrected chi connectivity index (χ2v) is 10.6. The van der Waals surface area contributed by atoms with E-state index >= 15 is 0 Å². The van der Waals surface area contributed by atoms with Crippen molar-refractivity contribution in [1.82, 2.24) is 9.21 Å². The Morgan fingerprint density at radius 3 is 2.26 bits per heavy atom. The summed E-state index contributed by atoms with van der Waals surface area (Å²) in [6.45, 7) is 1.41. The lowest BCUT2D eigenvalue weighted by Crippen LogP contribution is -2.40. The maximum Gasteiger partial charge on any atom is 0.295 e. The molecule has 0 bridgehead atoms. The van der Waals surface area contributed by atoms with Crippen LogP contribution in [0.4, 0.5) is 0 Å². The number of carbonyl (C=O) groups is 2. The van der Waals surface area contributed by atoms with E-state index in [-0.39, 0.29) is 42.3 Å². The third-order valence-corrected chi connectivity index (χ3v) is 8.45. The van der Waals surface area contributed by atoms with Crippen molar-refractivity contribution < 1.29 is 42.1 Å². The van der Waals surface area contributed by atoms with Crippen LogP contribution in [0.3, 0.4) is 0 Å². The standard InChI is InChI=1S/C26H30N2O9S/c1-34-13-12-28-23(18-6-9-20(35-2)21(16-18)36-3)22(25(30)26(28)31)24(29)17-4-7-19(8-5-17)38(32,33)27-10-14-37-15-11-27/h4-9,16,23,29H,10-15H2,1-3H3/b24-22-. The van der Waals surface area contributed by atoms with Crippen LogP contribution < -0.4 is 9.47 Å². The van der Waals surface area contributed by atoms with E-state index in [0.29, 0.717) is 30.3 Å². The average molecular weight is 547 g/mol. The SMILES string of the molecule is COCCN1C(=O)C(=O)/C(=C(\O)c2ccc(S(=O)(=O)N3CCOCC3)cc2)C1c1ccc(OC)c(OC)c1. The number of benzene rings is 2. The molecule has 2 aliphatic rings. The molecule has 0 aromatic heterocycles. The Hall–Kier alpha value is -3.45. The van der Waals surface area contributed by atoms with E-state index in [1.54, 1.807) is 18.2 Å². The minimum atomic E-state index is -3.74. The molecule has 0 spiro atoms. The number of likely N-dealkylation sites (tertiary alicyclic amines) is 1. The molecule has 11 nitrogen and oxygen atoms in total. The van der Waals surface area contributed by atoms with Gasteiger partial charge in [0.15, 0.2) is 11.5 Å². The topological polar surface area (TPSA) is 132 Å². The number of ether oxygens (including phenoxy) is 4. The second kappa shape index (κ2) is 11.5. The van der Waals surface area contributed by atoms with Crippen LogP contribution in [-0.4, -0.2) is 95.2 Å². The first-order chi connectivity index (χ1) is 18.2. The maximum absolute atomic E-state index is 13.2. The lowest BCUT2D eigenvalue weighted by atomic mass is 9.95. The maximum atomic E-state index is 13.2. The van der Waals surface area contributed by atoms with Crippen LogP contribution in [-0.2, 0) is 29.1 Å². The number of ketones is 1. The summed E-state index contributed by atoms with van der Waals surface area (Å²) >= 11 is 0. The summed E-state index contributed by atoms with van der Waals surface area (Å²) in [5, 5.41) is 11.3. The van der Waals surface area contributed by atoms with Crippen LogP contribution >= 0.6 is 0 Å². The molecular weight excluding hydrogens is 516 g/mol. The van der Waals surface area contributed by atoms with Gasteiger partial charge in [0.05, 0.1) is 50.6 Å². The number of hydrogen-bond donors (Lipinski definition) is 1. The van der Waals surface area contributed by atoms with Crippen molar-refractivity contribution in [1.29, 1.82) is 0 Å². The summed E-state index contributed by atoms with van der Waals surface area (Å²) in [5.41, 5.74) is 0.592. The molecule has 1 atom stereocenters. The van der Waals surface area contributed by atoms with Crippen molar-refractivity contribution >= 4 is 27.5 Å². The Bertz CT molecular complexity index is 1330. The molecule has 2 fully saturated rings.